The SMILES string of the molecule is CCC(CC)(CCl)CNCc1csc2ccccc12. The molecule has 1 aromatic heterocycles. The van der Waals surface area contributed by atoms with Crippen molar-refractivity contribution >= 4 is 33.0 Å². The summed E-state index contributed by atoms with van der Waals surface area (Å²) in [5.41, 5.74) is 1.64. The first-order chi connectivity index (χ1) is 9.24. The standard InChI is InChI=1S/C16H22ClNS/c1-3-16(4-2,11-17)12-18-9-13-10-19-15-8-6-5-7-14(13)15/h5-8,10,18H,3-4,9,11-12H2,1-2H3. The third-order valence-electron chi connectivity index (χ3n) is 4.16. The van der Waals surface area contributed by atoms with E-state index in [9.17, 15) is 0 Å². The summed E-state index contributed by atoms with van der Waals surface area (Å²) in [5, 5.41) is 7.24. The molecule has 0 spiro atoms. The lowest BCUT2D eigenvalue weighted by Gasteiger charge is -2.29. The molecule has 0 atom stereocenters. The zero-order valence-electron chi connectivity index (χ0n) is 11.7. The van der Waals surface area contributed by atoms with E-state index >= 15 is 0 Å². The van der Waals surface area contributed by atoms with Crippen molar-refractivity contribution in [3.63, 3.8) is 0 Å². The molecule has 2 rings (SSSR count). The number of hydrogen-bond acceptors (Lipinski definition) is 2. The van der Waals surface area contributed by atoms with E-state index in [0.717, 1.165) is 31.8 Å². The molecule has 1 heterocycles. The number of nitrogens with one attached hydrogen (secondary N) is 1. The van der Waals surface area contributed by atoms with Crippen molar-refractivity contribution in [3.05, 3.63) is 35.2 Å². The molecule has 0 aliphatic rings. The average molecular weight is 296 g/mol. The van der Waals surface area contributed by atoms with Gasteiger partial charge in [-0.3, -0.25) is 0 Å². The minimum atomic E-state index is 0.243. The van der Waals surface area contributed by atoms with Gasteiger partial charge >= 0.3 is 0 Å². The topological polar surface area (TPSA) is 12.0 Å². The highest BCUT2D eigenvalue weighted by Crippen LogP contribution is 2.28. The number of benzene rings is 1. The van der Waals surface area contributed by atoms with E-state index in [0.29, 0.717) is 0 Å². The summed E-state index contributed by atoms with van der Waals surface area (Å²) in [5.74, 6) is 0.734. The van der Waals surface area contributed by atoms with Crippen LogP contribution in [0.1, 0.15) is 32.3 Å². The monoisotopic (exact) mass is 295 g/mol. The van der Waals surface area contributed by atoms with Crippen LogP contribution >= 0.6 is 22.9 Å². The molecule has 0 saturated carbocycles. The van der Waals surface area contributed by atoms with E-state index in [1.54, 1.807) is 0 Å². The van der Waals surface area contributed by atoms with Gasteiger partial charge in [-0.2, -0.15) is 0 Å². The molecule has 1 N–H and O–H groups in total. The predicted octanol–water partition coefficient (Wildman–Crippen LogP) is 5.04. The maximum Gasteiger partial charge on any atom is 0.0346 e. The highest BCUT2D eigenvalue weighted by Gasteiger charge is 2.24. The van der Waals surface area contributed by atoms with Crippen LogP contribution in [0, 0.1) is 5.41 Å². The van der Waals surface area contributed by atoms with E-state index in [4.69, 9.17) is 11.6 Å². The van der Waals surface area contributed by atoms with Gasteiger partial charge in [-0.25, -0.2) is 0 Å². The lowest BCUT2D eigenvalue weighted by Crippen LogP contribution is -2.34. The van der Waals surface area contributed by atoms with E-state index in [2.05, 4.69) is 48.8 Å². The van der Waals surface area contributed by atoms with Crippen molar-refractivity contribution < 1.29 is 0 Å². The fourth-order valence-corrected chi connectivity index (χ4v) is 3.80. The van der Waals surface area contributed by atoms with Crippen molar-refractivity contribution in [2.75, 3.05) is 12.4 Å². The first-order valence-corrected chi connectivity index (χ1v) is 8.38. The minimum absolute atomic E-state index is 0.243. The summed E-state index contributed by atoms with van der Waals surface area (Å²) in [6, 6.07) is 8.60. The molecule has 0 aliphatic carbocycles. The molecule has 0 unspecified atom stereocenters. The number of alkyl halides is 1. The smallest absolute Gasteiger partial charge is 0.0346 e. The summed E-state index contributed by atoms with van der Waals surface area (Å²) in [6.45, 7) is 6.39. The summed E-state index contributed by atoms with van der Waals surface area (Å²) < 4.78 is 1.37. The molecule has 3 heteroatoms. The van der Waals surface area contributed by atoms with Crippen LogP contribution < -0.4 is 5.32 Å². The van der Waals surface area contributed by atoms with Gasteiger partial charge in [0.1, 0.15) is 0 Å². The Hall–Kier alpha value is -0.570. The van der Waals surface area contributed by atoms with Crippen LogP contribution in [0.3, 0.4) is 0 Å². The number of fused-ring (bicyclic) bond motifs is 1. The van der Waals surface area contributed by atoms with Gasteiger partial charge in [0.2, 0.25) is 0 Å². The summed E-state index contributed by atoms with van der Waals surface area (Å²) >= 11 is 7.97. The largest absolute Gasteiger partial charge is 0.312 e. The van der Waals surface area contributed by atoms with E-state index < -0.39 is 0 Å². The fourth-order valence-electron chi connectivity index (χ4n) is 2.37. The molecule has 1 aromatic carbocycles. The van der Waals surface area contributed by atoms with Crippen LogP contribution in [0.25, 0.3) is 10.1 Å². The summed E-state index contributed by atoms with van der Waals surface area (Å²) in [4.78, 5) is 0. The Morgan fingerprint density at radius 1 is 1.21 bits per heavy atom. The third kappa shape index (κ3) is 3.31. The molecular weight excluding hydrogens is 274 g/mol. The lowest BCUT2D eigenvalue weighted by atomic mass is 9.84. The van der Waals surface area contributed by atoms with Crippen LogP contribution in [0.2, 0.25) is 0 Å². The van der Waals surface area contributed by atoms with Crippen LogP contribution in [0.4, 0.5) is 0 Å². The number of hydrogen-bond donors (Lipinski definition) is 1. The second-order valence-electron chi connectivity index (χ2n) is 5.20. The first kappa shape index (κ1) is 14.8. The van der Waals surface area contributed by atoms with Crippen molar-refractivity contribution in [2.45, 2.75) is 33.2 Å². The van der Waals surface area contributed by atoms with Crippen LogP contribution in [-0.2, 0) is 6.54 Å². The van der Waals surface area contributed by atoms with Crippen molar-refractivity contribution in [1.82, 2.24) is 5.32 Å². The van der Waals surface area contributed by atoms with Crippen LogP contribution in [0.15, 0.2) is 29.6 Å². The number of halogens is 1. The third-order valence-corrected chi connectivity index (χ3v) is 5.74. The maximum atomic E-state index is 6.14. The molecular formula is C16H22ClNS. The van der Waals surface area contributed by atoms with Crippen molar-refractivity contribution in [1.29, 1.82) is 0 Å². The summed E-state index contributed by atoms with van der Waals surface area (Å²) in [6.07, 6.45) is 2.26. The molecule has 2 aromatic rings. The molecule has 0 fully saturated rings. The molecule has 19 heavy (non-hydrogen) atoms. The van der Waals surface area contributed by atoms with Crippen molar-refractivity contribution in [2.24, 2.45) is 5.41 Å². The summed E-state index contributed by atoms with van der Waals surface area (Å²) in [7, 11) is 0. The normalized spacial score (nSPS) is 12.2. The molecule has 0 saturated heterocycles. The van der Waals surface area contributed by atoms with Crippen LogP contribution in [0.5, 0.6) is 0 Å². The maximum absolute atomic E-state index is 6.14. The van der Waals surface area contributed by atoms with Crippen LogP contribution in [-0.4, -0.2) is 12.4 Å². The van der Waals surface area contributed by atoms with E-state index in [1.807, 2.05) is 11.3 Å². The second kappa shape index (κ2) is 6.74. The van der Waals surface area contributed by atoms with Gasteiger partial charge < -0.3 is 5.32 Å². The van der Waals surface area contributed by atoms with Gasteiger partial charge in [0.05, 0.1) is 0 Å². The Bertz CT molecular complexity index is 508. The average Bonchev–Trinajstić information content (AvgIpc) is 2.88. The highest BCUT2D eigenvalue weighted by atomic mass is 35.5. The Morgan fingerprint density at radius 2 is 1.95 bits per heavy atom. The van der Waals surface area contributed by atoms with Crippen molar-refractivity contribution in [3.8, 4) is 0 Å². The van der Waals surface area contributed by atoms with E-state index in [-0.39, 0.29) is 5.41 Å². The highest BCUT2D eigenvalue weighted by molar-refractivity contribution is 7.17. The zero-order valence-corrected chi connectivity index (χ0v) is 13.3. The molecule has 0 aliphatic heterocycles. The predicted molar refractivity (Wildman–Crippen MR) is 87.3 cm³/mol. The Balaban J connectivity index is 1.99. The Kier molecular flexibility index (Phi) is 5.26. The molecule has 0 amide bonds. The van der Waals surface area contributed by atoms with Gasteiger partial charge in [-0.05, 0) is 40.7 Å². The Labute approximate surface area is 125 Å². The number of thiophene rings is 1. The molecule has 0 bridgehead atoms. The zero-order chi connectivity index (χ0) is 13.7. The number of rotatable bonds is 7. The van der Waals surface area contributed by atoms with Gasteiger partial charge in [0.15, 0.2) is 0 Å². The van der Waals surface area contributed by atoms with Gasteiger partial charge in [0.25, 0.3) is 0 Å². The second-order valence-corrected chi connectivity index (χ2v) is 6.38. The fraction of sp³-hybridized carbons (Fsp3) is 0.500. The molecule has 104 valence electrons. The minimum Gasteiger partial charge on any atom is -0.312 e. The lowest BCUT2D eigenvalue weighted by molar-refractivity contribution is 0.286. The molecule has 1 nitrogen and oxygen atoms in total. The molecule has 0 radical (unpaired) electrons. The van der Waals surface area contributed by atoms with Gasteiger partial charge in [-0.1, -0.05) is 32.0 Å². The quantitative estimate of drug-likeness (QED) is 0.706. The Morgan fingerprint density at radius 3 is 2.63 bits per heavy atom. The van der Waals surface area contributed by atoms with E-state index in [1.165, 1.54) is 15.6 Å². The van der Waals surface area contributed by atoms with Gasteiger partial charge in [-0.15, -0.1) is 22.9 Å². The van der Waals surface area contributed by atoms with Gasteiger partial charge in [0, 0.05) is 23.7 Å². The first-order valence-electron chi connectivity index (χ1n) is 6.96.